The number of aliphatic hydroxyl groups excluding tert-OH is 2. The third-order valence-corrected chi connectivity index (χ3v) is 12.6. The molecule has 0 saturated heterocycles. The highest BCUT2D eigenvalue weighted by Gasteiger charge is 2.24. The van der Waals surface area contributed by atoms with Gasteiger partial charge in [-0.15, -0.1) is 0 Å². The van der Waals surface area contributed by atoms with Crippen LogP contribution in [0.3, 0.4) is 0 Å². The number of amides is 1. The predicted molar refractivity (Wildman–Crippen MR) is 260 cm³/mol. The first kappa shape index (κ1) is 58.6. The van der Waals surface area contributed by atoms with E-state index in [-0.39, 0.29) is 24.9 Å². The molecule has 60 heavy (non-hydrogen) atoms. The van der Waals surface area contributed by atoms with Gasteiger partial charge in [-0.05, 0) is 51.4 Å². The van der Waals surface area contributed by atoms with Gasteiger partial charge >= 0.3 is 5.97 Å². The van der Waals surface area contributed by atoms with Crippen molar-refractivity contribution in [2.45, 2.75) is 315 Å². The number of hydrogen-bond donors (Lipinski definition) is 3. The normalized spacial score (nSPS) is 13.2. The van der Waals surface area contributed by atoms with Crippen LogP contribution in [0.4, 0.5) is 0 Å². The van der Waals surface area contributed by atoms with Gasteiger partial charge in [0.05, 0.1) is 25.2 Å². The zero-order valence-corrected chi connectivity index (χ0v) is 40.6. The van der Waals surface area contributed by atoms with Crippen LogP contribution < -0.4 is 5.32 Å². The van der Waals surface area contributed by atoms with Gasteiger partial charge in [0.15, 0.2) is 0 Å². The minimum Gasteiger partial charge on any atom is -0.462 e. The summed E-state index contributed by atoms with van der Waals surface area (Å²) in [6, 6.07) is -0.694. The third kappa shape index (κ3) is 43.3. The van der Waals surface area contributed by atoms with Crippen molar-refractivity contribution in [3.8, 4) is 0 Å². The fourth-order valence-electron chi connectivity index (χ4n) is 8.49. The van der Waals surface area contributed by atoms with Gasteiger partial charge in [0.2, 0.25) is 5.91 Å². The molecule has 1 amide bonds. The summed E-state index contributed by atoms with van der Waals surface area (Å²) in [5, 5.41) is 23.7. The highest BCUT2D eigenvalue weighted by atomic mass is 16.5. The fourth-order valence-corrected chi connectivity index (χ4v) is 8.49. The molecule has 0 aromatic rings. The van der Waals surface area contributed by atoms with Gasteiger partial charge in [-0.3, -0.25) is 9.59 Å². The van der Waals surface area contributed by atoms with E-state index in [1.54, 1.807) is 0 Å². The Labute approximate surface area is 374 Å². The molecule has 0 heterocycles. The number of rotatable bonds is 49. The second-order valence-corrected chi connectivity index (χ2v) is 18.6. The molecule has 3 unspecified atom stereocenters. The zero-order valence-electron chi connectivity index (χ0n) is 40.6. The molecule has 6 heteroatoms. The molecule has 0 aliphatic heterocycles. The Balaban J connectivity index is 4.33. The van der Waals surface area contributed by atoms with E-state index in [0.717, 1.165) is 44.9 Å². The molecular formula is C54H105NO5. The molecule has 356 valence electrons. The van der Waals surface area contributed by atoms with E-state index in [1.807, 2.05) is 0 Å². The summed E-state index contributed by atoms with van der Waals surface area (Å²) in [4.78, 5) is 26.1. The molecule has 0 radical (unpaired) electrons. The number of ether oxygens (including phenoxy) is 1. The number of carbonyl (C=O) groups excluding carboxylic acids is 2. The molecule has 0 aromatic carbocycles. The summed E-state index contributed by atoms with van der Waals surface area (Å²) < 4.78 is 5.92. The van der Waals surface area contributed by atoms with E-state index in [4.69, 9.17) is 4.74 Å². The largest absolute Gasteiger partial charge is 0.462 e. The Kier molecular flexibility index (Phi) is 47.5. The number of carbonyl (C=O) groups is 2. The average Bonchev–Trinajstić information content (AvgIpc) is 3.24. The molecule has 0 saturated carbocycles. The summed E-state index contributed by atoms with van der Waals surface area (Å²) in [5.74, 6) is -0.462. The van der Waals surface area contributed by atoms with E-state index in [9.17, 15) is 19.8 Å². The summed E-state index contributed by atoms with van der Waals surface area (Å²) in [6.07, 6.45) is 54.3. The fraction of sp³-hybridized carbons (Fsp3) is 0.926. The lowest BCUT2D eigenvalue weighted by molar-refractivity contribution is -0.151. The van der Waals surface area contributed by atoms with E-state index in [2.05, 4.69) is 38.2 Å². The Bertz CT molecular complexity index is 909. The van der Waals surface area contributed by atoms with E-state index < -0.39 is 18.2 Å². The smallest absolute Gasteiger partial charge is 0.306 e. The predicted octanol–water partition coefficient (Wildman–Crippen LogP) is 16.1. The van der Waals surface area contributed by atoms with Gasteiger partial charge in [-0.2, -0.15) is 0 Å². The van der Waals surface area contributed by atoms with Crippen LogP contribution in [-0.2, 0) is 14.3 Å². The standard InChI is InChI=1S/C54H105NO5/c1-4-7-10-13-16-19-21-23-25-26-27-28-29-31-33-35-38-41-44-47-54(59)60-50(45-42-39-36-18-15-12-9-6-3)48-53(58)55-51(49-56)52(57)46-43-40-37-34-32-30-24-22-20-17-14-11-8-5-2/h23,25,50-52,56-57H,4-22,24,26-49H2,1-3H3,(H,55,58)/b25-23+. The second-order valence-electron chi connectivity index (χ2n) is 18.6. The zero-order chi connectivity index (χ0) is 43.8. The van der Waals surface area contributed by atoms with Crippen molar-refractivity contribution in [1.82, 2.24) is 5.32 Å². The van der Waals surface area contributed by atoms with Crippen LogP contribution in [-0.4, -0.2) is 46.9 Å². The van der Waals surface area contributed by atoms with Crippen molar-refractivity contribution in [2.75, 3.05) is 6.61 Å². The lowest BCUT2D eigenvalue weighted by Crippen LogP contribution is -2.46. The van der Waals surface area contributed by atoms with Gasteiger partial charge in [0.1, 0.15) is 6.10 Å². The van der Waals surface area contributed by atoms with Crippen LogP contribution in [0.15, 0.2) is 12.2 Å². The maximum absolute atomic E-state index is 13.2. The monoisotopic (exact) mass is 848 g/mol. The first-order valence-electron chi connectivity index (χ1n) is 26.9. The molecule has 0 aliphatic rings. The molecule has 3 atom stereocenters. The van der Waals surface area contributed by atoms with Crippen molar-refractivity contribution in [2.24, 2.45) is 0 Å². The lowest BCUT2D eigenvalue weighted by atomic mass is 10.0. The Morgan fingerprint density at radius 1 is 0.467 bits per heavy atom. The Morgan fingerprint density at radius 3 is 1.18 bits per heavy atom. The van der Waals surface area contributed by atoms with Gasteiger partial charge in [0.25, 0.3) is 0 Å². The molecule has 3 N–H and O–H groups in total. The van der Waals surface area contributed by atoms with Crippen LogP contribution in [0.25, 0.3) is 0 Å². The summed E-state index contributed by atoms with van der Waals surface area (Å²) >= 11 is 0. The van der Waals surface area contributed by atoms with Crippen LogP contribution in [0.1, 0.15) is 297 Å². The molecule has 0 fully saturated rings. The van der Waals surface area contributed by atoms with Crippen LogP contribution in [0.2, 0.25) is 0 Å². The van der Waals surface area contributed by atoms with Crippen molar-refractivity contribution in [1.29, 1.82) is 0 Å². The van der Waals surface area contributed by atoms with E-state index in [0.29, 0.717) is 19.3 Å². The van der Waals surface area contributed by atoms with Crippen molar-refractivity contribution in [3.05, 3.63) is 12.2 Å². The summed E-state index contributed by atoms with van der Waals surface area (Å²) in [6.45, 7) is 6.48. The summed E-state index contributed by atoms with van der Waals surface area (Å²) in [7, 11) is 0. The van der Waals surface area contributed by atoms with Crippen LogP contribution in [0.5, 0.6) is 0 Å². The van der Waals surface area contributed by atoms with Gasteiger partial charge in [0, 0.05) is 6.42 Å². The van der Waals surface area contributed by atoms with Crippen molar-refractivity contribution in [3.63, 3.8) is 0 Å². The number of hydrogen-bond acceptors (Lipinski definition) is 5. The Hall–Kier alpha value is -1.40. The number of nitrogens with one attached hydrogen (secondary N) is 1. The van der Waals surface area contributed by atoms with Gasteiger partial charge < -0.3 is 20.3 Å². The maximum atomic E-state index is 13.2. The first-order chi connectivity index (χ1) is 29.5. The molecule has 6 nitrogen and oxygen atoms in total. The van der Waals surface area contributed by atoms with E-state index in [1.165, 1.54) is 205 Å². The second kappa shape index (κ2) is 48.6. The number of unbranched alkanes of at least 4 members (excludes halogenated alkanes) is 35. The third-order valence-electron chi connectivity index (χ3n) is 12.6. The highest BCUT2D eigenvalue weighted by Crippen LogP contribution is 2.18. The first-order valence-corrected chi connectivity index (χ1v) is 26.9. The molecule has 0 spiro atoms. The number of aliphatic hydroxyl groups is 2. The topological polar surface area (TPSA) is 95.9 Å². The Morgan fingerprint density at radius 2 is 0.800 bits per heavy atom. The molecule has 0 bridgehead atoms. The average molecular weight is 848 g/mol. The van der Waals surface area contributed by atoms with Gasteiger partial charge in [-0.1, -0.05) is 245 Å². The molecule has 0 rings (SSSR count). The SMILES string of the molecule is CCCCCCCC/C=C/CCCCCCCCCCCC(=O)OC(CCCCCCCCCC)CC(=O)NC(CO)C(O)CCCCCCCCCCCCCCCC. The summed E-state index contributed by atoms with van der Waals surface area (Å²) in [5.41, 5.74) is 0. The van der Waals surface area contributed by atoms with Crippen LogP contribution >= 0.6 is 0 Å². The highest BCUT2D eigenvalue weighted by molar-refractivity contribution is 5.77. The van der Waals surface area contributed by atoms with Crippen molar-refractivity contribution < 1.29 is 24.5 Å². The van der Waals surface area contributed by atoms with Gasteiger partial charge in [-0.25, -0.2) is 0 Å². The molecule has 0 aromatic heterocycles. The molecule has 0 aliphatic carbocycles. The van der Waals surface area contributed by atoms with Crippen molar-refractivity contribution >= 4 is 11.9 Å². The lowest BCUT2D eigenvalue weighted by Gasteiger charge is -2.24. The van der Waals surface area contributed by atoms with E-state index >= 15 is 0 Å². The van der Waals surface area contributed by atoms with Crippen LogP contribution in [0, 0.1) is 0 Å². The number of esters is 1. The maximum Gasteiger partial charge on any atom is 0.306 e. The molecular weight excluding hydrogens is 743 g/mol. The quantitative estimate of drug-likeness (QED) is 0.0322. The minimum atomic E-state index is -0.781. The minimum absolute atomic E-state index is 0.0831. The number of allylic oxidation sites excluding steroid dienone is 2.